The molecule has 4 nitrogen and oxygen atoms in total. The number of hydrogen-bond donors (Lipinski definition) is 0. The van der Waals surface area contributed by atoms with Crippen molar-refractivity contribution in [1.29, 1.82) is 0 Å². The van der Waals surface area contributed by atoms with Gasteiger partial charge in [0.2, 0.25) is 0 Å². The largest absolute Gasteiger partial charge is 0.347 e. The maximum absolute atomic E-state index is 13.4. The van der Waals surface area contributed by atoms with Gasteiger partial charge in [-0.3, -0.25) is 0 Å². The fraction of sp³-hybridized carbons (Fsp3) is 0.433. The second kappa shape index (κ2) is 10.9. The van der Waals surface area contributed by atoms with Crippen molar-refractivity contribution in [1.82, 2.24) is 9.78 Å². The predicted octanol–water partition coefficient (Wildman–Crippen LogP) is 7.16. The summed E-state index contributed by atoms with van der Waals surface area (Å²) < 4.78 is 28.2. The number of aromatic nitrogens is 2. The minimum Gasteiger partial charge on any atom is -0.347 e. The van der Waals surface area contributed by atoms with Crippen LogP contribution in [-0.2, 0) is 22.3 Å². The second-order valence-corrected chi connectivity index (χ2v) is 8.84. The molecule has 2 heterocycles. The molecule has 0 radical (unpaired) electrons. The number of halogens is 1. The van der Waals surface area contributed by atoms with Crippen LogP contribution in [0.25, 0.3) is 11.8 Å². The summed E-state index contributed by atoms with van der Waals surface area (Å²) >= 11 is 0. The Labute approximate surface area is 208 Å². The van der Waals surface area contributed by atoms with E-state index in [0.29, 0.717) is 13.2 Å². The molecule has 6 rings (SSSR count). The van der Waals surface area contributed by atoms with Crippen LogP contribution in [0, 0.1) is 11.2 Å². The van der Waals surface area contributed by atoms with Crippen molar-refractivity contribution in [3.05, 3.63) is 89.0 Å². The molecule has 1 aromatic heterocycles. The van der Waals surface area contributed by atoms with E-state index in [4.69, 9.17) is 9.47 Å². The minimum absolute atomic E-state index is 0.241. The molecule has 2 aliphatic carbocycles. The van der Waals surface area contributed by atoms with Crippen LogP contribution in [0.2, 0.25) is 0 Å². The van der Waals surface area contributed by atoms with Gasteiger partial charge in [-0.2, -0.15) is 5.10 Å². The summed E-state index contributed by atoms with van der Waals surface area (Å²) in [5.41, 5.74) is 5.56. The first-order valence-corrected chi connectivity index (χ1v) is 13.0. The van der Waals surface area contributed by atoms with Gasteiger partial charge >= 0.3 is 0 Å². The quantitative estimate of drug-likeness (QED) is 0.402. The summed E-state index contributed by atoms with van der Waals surface area (Å²) in [7, 11) is 0. The first-order valence-electron chi connectivity index (χ1n) is 13.0. The van der Waals surface area contributed by atoms with Gasteiger partial charge in [-0.1, -0.05) is 63.6 Å². The number of hydrogen-bond acceptors (Lipinski definition) is 3. The average molecular weight is 477 g/mol. The lowest BCUT2D eigenvalue weighted by Gasteiger charge is -2.53. The topological polar surface area (TPSA) is 36.3 Å². The Bertz CT molecular complexity index is 1130. The Morgan fingerprint density at radius 3 is 2.31 bits per heavy atom. The van der Waals surface area contributed by atoms with Crippen LogP contribution >= 0.6 is 0 Å². The third kappa shape index (κ3) is 4.48. The summed E-state index contributed by atoms with van der Waals surface area (Å²) in [5.74, 6) is -0.822. The molecule has 1 atom stereocenters. The maximum Gasteiger partial charge on any atom is 0.178 e. The fourth-order valence-electron chi connectivity index (χ4n) is 5.78. The Balaban J connectivity index is 0.000000689. The molecule has 0 N–H and O–H groups in total. The highest BCUT2D eigenvalue weighted by atomic mass is 19.1. The Morgan fingerprint density at radius 1 is 0.943 bits per heavy atom. The molecule has 2 aromatic carbocycles. The lowest BCUT2D eigenvalue weighted by molar-refractivity contribution is -0.239. The SMILES string of the molecule is CC.CC.Fc1ccc(-n2ncc3c2C=C2CCCC4(OCCO4)C2(Cc2ccccc2)C3)cc1. The third-order valence-electron chi connectivity index (χ3n) is 7.16. The van der Waals surface area contributed by atoms with E-state index in [2.05, 4.69) is 41.5 Å². The molecule has 1 saturated heterocycles. The molecule has 2 fully saturated rings. The highest BCUT2D eigenvalue weighted by Gasteiger charge is 2.60. The Morgan fingerprint density at radius 2 is 1.63 bits per heavy atom. The maximum atomic E-state index is 13.4. The lowest BCUT2D eigenvalue weighted by Crippen LogP contribution is -2.56. The van der Waals surface area contributed by atoms with Crippen LogP contribution in [0.5, 0.6) is 0 Å². The monoisotopic (exact) mass is 476 g/mol. The van der Waals surface area contributed by atoms with Gasteiger partial charge < -0.3 is 9.47 Å². The molecule has 1 spiro atoms. The first-order chi connectivity index (χ1) is 17.2. The van der Waals surface area contributed by atoms with Crippen LogP contribution in [0.4, 0.5) is 4.39 Å². The van der Waals surface area contributed by atoms with E-state index >= 15 is 0 Å². The van der Waals surface area contributed by atoms with Crippen LogP contribution in [0.15, 0.2) is 66.4 Å². The molecular formula is C30H37FN2O2. The van der Waals surface area contributed by atoms with E-state index < -0.39 is 5.79 Å². The van der Waals surface area contributed by atoms with Gasteiger partial charge in [0, 0.05) is 6.42 Å². The van der Waals surface area contributed by atoms with E-state index in [9.17, 15) is 4.39 Å². The predicted molar refractivity (Wildman–Crippen MR) is 139 cm³/mol. The number of fused-ring (bicyclic) bond motifs is 3. The van der Waals surface area contributed by atoms with Crippen molar-refractivity contribution in [3.63, 3.8) is 0 Å². The van der Waals surface area contributed by atoms with Gasteiger partial charge in [0.1, 0.15) is 5.82 Å². The van der Waals surface area contributed by atoms with E-state index in [1.54, 1.807) is 12.1 Å². The molecule has 0 amide bonds. The van der Waals surface area contributed by atoms with Crippen LogP contribution in [0.3, 0.4) is 0 Å². The zero-order valence-corrected chi connectivity index (χ0v) is 21.4. The van der Waals surface area contributed by atoms with E-state index in [-0.39, 0.29) is 11.2 Å². The highest BCUT2D eigenvalue weighted by Crippen LogP contribution is 2.58. The van der Waals surface area contributed by atoms with Gasteiger partial charge in [-0.05, 0) is 67.2 Å². The van der Waals surface area contributed by atoms with Gasteiger partial charge in [0.15, 0.2) is 5.79 Å². The van der Waals surface area contributed by atoms with E-state index in [1.165, 1.54) is 28.8 Å². The zero-order chi connectivity index (χ0) is 24.9. The molecule has 1 unspecified atom stereocenters. The Hall–Kier alpha value is -2.76. The third-order valence-corrected chi connectivity index (χ3v) is 7.16. The van der Waals surface area contributed by atoms with Crippen molar-refractivity contribution in [2.24, 2.45) is 5.41 Å². The summed E-state index contributed by atoms with van der Waals surface area (Å²) in [6, 6.07) is 17.2. The Kier molecular flexibility index (Phi) is 7.88. The summed E-state index contributed by atoms with van der Waals surface area (Å²) in [4.78, 5) is 0. The van der Waals surface area contributed by atoms with Crippen molar-refractivity contribution < 1.29 is 13.9 Å². The molecule has 3 aromatic rings. The van der Waals surface area contributed by atoms with Crippen LogP contribution < -0.4 is 0 Å². The van der Waals surface area contributed by atoms with Crippen molar-refractivity contribution in [2.75, 3.05) is 13.2 Å². The molecular weight excluding hydrogens is 439 g/mol. The standard InChI is InChI=1S/C26H25FN2O2.2C2H6/c27-22-8-10-23(11-9-22)29-24-15-21-7-4-12-26(30-13-14-31-26)25(21,17-20(24)18-28-29)16-19-5-2-1-3-6-19;2*1-2/h1-3,5-6,8-11,15,18H,4,7,12-14,16-17H2;2*1-2H3. The van der Waals surface area contributed by atoms with Crippen molar-refractivity contribution in [2.45, 2.75) is 65.6 Å². The van der Waals surface area contributed by atoms with Crippen molar-refractivity contribution >= 4 is 6.08 Å². The van der Waals surface area contributed by atoms with Gasteiger partial charge in [-0.25, -0.2) is 9.07 Å². The molecule has 5 heteroatoms. The molecule has 1 saturated carbocycles. The number of ether oxygens (including phenoxy) is 2. The van der Waals surface area contributed by atoms with Gasteiger partial charge in [0.25, 0.3) is 0 Å². The highest BCUT2D eigenvalue weighted by molar-refractivity contribution is 5.62. The lowest BCUT2D eigenvalue weighted by atomic mass is 9.58. The summed E-state index contributed by atoms with van der Waals surface area (Å²) in [5, 5.41) is 4.68. The minimum atomic E-state index is -0.581. The smallest absolute Gasteiger partial charge is 0.178 e. The van der Waals surface area contributed by atoms with Gasteiger partial charge in [-0.15, -0.1) is 0 Å². The van der Waals surface area contributed by atoms with E-state index in [0.717, 1.165) is 43.5 Å². The number of nitrogens with zero attached hydrogens (tertiary/aromatic N) is 2. The van der Waals surface area contributed by atoms with Crippen LogP contribution in [-0.4, -0.2) is 28.8 Å². The fourth-order valence-corrected chi connectivity index (χ4v) is 5.78. The zero-order valence-electron chi connectivity index (χ0n) is 21.4. The van der Waals surface area contributed by atoms with Crippen LogP contribution in [0.1, 0.15) is 63.8 Å². The number of rotatable bonds is 3. The first kappa shape index (κ1) is 25.3. The number of benzene rings is 2. The summed E-state index contributed by atoms with van der Waals surface area (Å²) in [6.45, 7) is 9.29. The van der Waals surface area contributed by atoms with E-state index in [1.807, 2.05) is 38.6 Å². The average Bonchev–Trinajstić information content (AvgIpc) is 3.55. The molecule has 35 heavy (non-hydrogen) atoms. The normalized spacial score (nSPS) is 21.6. The van der Waals surface area contributed by atoms with Gasteiger partial charge in [0.05, 0.1) is 36.2 Å². The van der Waals surface area contributed by atoms with Crippen molar-refractivity contribution in [3.8, 4) is 5.69 Å². The second-order valence-electron chi connectivity index (χ2n) is 8.84. The molecule has 186 valence electrons. The molecule has 3 aliphatic rings. The molecule has 1 aliphatic heterocycles. The summed E-state index contributed by atoms with van der Waals surface area (Å²) in [6.07, 6.45) is 8.93. The molecule has 0 bridgehead atoms.